The lowest BCUT2D eigenvalue weighted by Gasteiger charge is -2.16. The van der Waals surface area contributed by atoms with E-state index in [-0.39, 0.29) is 18.1 Å². The number of hydrogen-bond acceptors (Lipinski definition) is 6. The van der Waals surface area contributed by atoms with Gasteiger partial charge in [-0.3, -0.25) is 9.78 Å². The molecule has 3 rings (SSSR count). The largest absolute Gasteiger partial charge is 0.495 e. The number of aromatic nitrogens is 2. The van der Waals surface area contributed by atoms with E-state index in [1.807, 2.05) is 6.92 Å². The van der Waals surface area contributed by atoms with E-state index in [2.05, 4.69) is 21.4 Å². The van der Waals surface area contributed by atoms with Crippen LogP contribution in [0.3, 0.4) is 0 Å². The number of rotatable bonds is 5. The molecule has 1 amide bonds. The Bertz CT molecular complexity index is 830. The van der Waals surface area contributed by atoms with Crippen LogP contribution in [0, 0.1) is 18.3 Å². The summed E-state index contributed by atoms with van der Waals surface area (Å²) >= 11 is 0. The van der Waals surface area contributed by atoms with Gasteiger partial charge in [-0.1, -0.05) is 0 Å². The fraction of sp³-hybridized carbons (Fsp3) is 0.368. The molecule has 0 unspecified atom stereocenters. The first kappa shape index (κ1) is 17.7. The predicted octanol–water partition coefficient (Wildman–Crippen LogP) is 2.40. The molecule has 1 aromatic heterocycles. The monoisotopic (exact) mass is 352 g/mol. The van der Waals surface area contributed by atoms with Gasteiger partial charge in [0.25, 0.3) is 5.91 Å². The Labute approximate surface area is 152 Å². The van der Waals surface area contributed by atoms with E-state index < -0.39 is 0 Å². The van der Waals surface area contributed by atoms with E-state index in [4.69, 9.17) is 14.7 Å². The average molecular weight is 352 g/mol. The van der Waals surface area contributed by atoms with Crippen molar-refractivity contribution in [1.29, 1.82) is 5.26 Å². The maximum absolute atomic E-state index is 12.2. The van der Waals surface area contributed by atoms with Gasteiger partial charge in [0.05, 0.1) is 24.6 Å². The molecule has 0 saturated heterocycles. The second kappa shape index (κ2) is 7.83. The van der Waals surface area contributed by atoms with Gasteiger partial charge in [-0.15, -0.1) is 0 Å². The molecule has 7 heteroatoms. The summed E-state index contributed by atoms with van der Waals surface area (Å²) in [5.41, 5.74) is 1.56. The van der Waals surface area contributed by atoms with Crippen molar-refractivity contribution in [3.63, 3.8) is 0 Å². The predicted molar refractivity (Wildman–Crippen MR) is 94.0 cm³/mol. The number of nitrogens with zero attached hydrogens (tertiary/aromatic N) is 3. The molecule has 2 aromatic rings. The molecule has 1 aromatic carbocycles. The van der Waals surface area contributed by atoms with Gasteiger partial charge in [-0.05, 0) is 31.9 Å². The molecule has 26 heavy (non-hydrogen) atoms. The van der Waals surface area contributed by atoms with Gasteiger partial charge >= 0.3 is 0 Å². The number of amides is 1. The first-order valence-corrected chi connectivity index (χ1v) is 8.43. The summed E-state index contributed by atoms with van der Waals surface area (Å²) < 4.78 is 11.2. The van der Waals surface area contributed by atoms with Gasteiger partial charge in [-0.2, -0.15) is 5.26 Å². The van der Waals surface area contributed by atoms with Crippen molar-refractivity contribution in [2.75, 3.05) is 7.11 Å². The number of nitrogens with one attached hydrogen (secondary N) is 1. The highest BCUT2D eigenvalue weighted by atomic mass is 16.5. The molecule has 1 heterocycles. The molecule has 0 spiro atoms. The van der Waals surface area contributed by atoms with Crippen LogP contribution in [0.25, 0.3) is 0 Å². The standard InChI is InChI=1S/C19H20N4O3/c1-12-10-22-17(11-21-12)19(24)23-14-4-6-15(7-14)26-16-5-3-13(9-20)18(8-16)25-2/h3,5,8,10-11,14-15H,4,6-7H2,1-2H3,(H,23,24)/t14-,15+/m0/s1. The molecule has 1 fully saturated rings. The van der Waals surface area contributed by atoms with E-state index >= 15 is 0 Å². The molecule has 134 valence electrons. The number of nitriles is 1. The summed E-state index contributed by atoms with van der Waals surface area (Å²) in [6.45, 7) is 1.83. The third kappa shape index (κ3) is 4.09. The van der Waals surface area contributed by atoms with Crippen LogP contribution in [-0.4, -0.2) is 35.1 Å². The van der Waals surface area contributed by atoms with Crippen molar-refractivity contribution in [3.05, 3.63) is 47.5 Å². The Balaban J connectivity index is 1.56. The molecule has 1 aliphatic carbocycles. The third-order valence-corrected chi connectivity index (χ3v) is 4.33. The Hall–Kier alpha value is -3.14. The summed E-state index contributed by atoms with van der Waals surface area (Å²) in [6, 6.07) is 7.27. The Morgan fingerprint density at radius 1 is 1.31 bits per heavy atom. The Morgan fingerprint density at radius 3 is 2.85 bits per heavy atom. The molecule has 0 radical (unpaired) electrons. The van der Waals surface area contributed by atoms with Gasteiger partial charge in [0.1, 0.15) is 29.4 Å². The summed E-state index contributed by atoms with van der Waals surface area (Å²) in [6.07, 6.45) is 5.45. The average Bonchev–Trinajstić information content (AvgIpc) is 3.08. The van der Waals surface area contributed by atoms with Gasteiger partial charge in [0, 0.05) is 24.7 Å². The second-order valence-corrected chi connectivity index (χ2v) is 6.24. The normalized spacial score (nSPS) is 18.8. The van der Waals surface area contributed by atoms with Crippen molar-refractivity contribution < 1.29 is 14.3 Å². The molecule has 7 nitrogen and oxygen atoms in total. The van der Waals surface area contributed by atoms with Gasteiger partial charge in [0.2, 0.25) is 0 Å². The zero-order valence-corrected chi connectivity index (χ0v) is 14.7. The zero-order chi connectivity index (χ0) is 18.5. The first-order chi connectivity index (χ1) is 12.6. The minimum atomic E-state index is -0.219. The Morgan fingerprint density at radius 2 is 2.15 bits per heavy atom. The summed E-state index contributed by atoms with van der Waals surface area (Å²) in [7, 11) is 1.52. The highest BCUT2D eigenvalue weighted by Crippen LogP contribution is 2.29. The number of benzene rings is 1. The number of carbonyl (C=O) groups excluding carboxylic acids is 1. The van der Waals surface area contributed by atoms with Crippen molar-refractivity contribution >= 4 is 5.91 Å². The van der Waals surface area contributed by atoms with Crippen molar-refractivity contribution in [1.82, 2.24) is 15.3 Å². The van der Waals surface area contributed by atoms with Crippen LogP contribution in [0.5, 0.6) is 11.5 Å². The second-order valence-electron chi connectivity index (χ2n) is 6.24. The SMILES string of the molecule is COc1cc(O[C@@H]2CC[C@H](NC(=O)c3cnc(C)cn3)C2)ccc1C#N. The summed E-state index contributed by atoms with van der Waals surface area (Å²) in [5.74, 6) is 0.927. The Kier molecular flexibility index (Phi) is 5.32. The quantitative estimate of drug-likeness (QED) is 0.887. The highest BCUT2D eigenvalue weighted by molar-refractivity contribution is 5.92. The molecular formula is C19H20N4O3. The molecular weight excluding hydrogens is 332 g/mol. The molecule has 2 atom stereocenters. The highest BCUT2D eigenvalue weighted by Gasteiger charge is 2.28. The number of aryl methyl sites for hydroxylation is 1. The van der Waals surface area contributed by atoms with Crippen molar-refractivity contribution in [2.45, 2.75) is 38.3 Å². The van der Waals surface area contributed by atoms with E-state index in [0.717, 1.165) is 18.5 Å². The summed E-state index contributed by atoms with van der Waals surface area (Å²) in [5, 5.41) is 12.0. The number of methoxy groups -OCH3 is 1. The summed E-state index contributed by atoms with van der Waals surface area (Å²) in [4.78, 5) is 20.4. The van der Waals surface area contributed by atoms with E-state index in [1.165, 1.54) is 13.3 Å². The molecule has 1 saturated carbocycles. The number of ether oxygens (including phenoxy) is 2. The smallest absolute Gasteiger partial charge is 0.271 e. The molecule has 1 N–H and O–H groups in total. The fourth-order valence-electron chi connectivity index (χ4n) is 2.98. The lowest BCUT2D eigenvalue weighted by Crippen LogP contribution is -2.34. The zero-order valence-electron chi connectivity index (χ0n) is 14.7. The van der Waals surface area contributed by atoms with Gasteiger partial charge in [0.15, 0.2) is 0 Å². The lowest BCUT2D eigenvalue weighted by molar-refractivity contribution is 0.0929. The van der Waals surface area contributed by atoms with Gasteiger partial charge < -0.3 is 14.8 Å². The maximum atomic E-state index is 12.2. The number of carbonyl (C=O) groups is 1. The van der Waals surface area contributed by atoms with Crippen LogP contribution in [0.1, 0.15) is 41.0 Å². The third-order valence-electron chi connectivity index (χ3n) is 4.33. The number of hydrogen-bond donors (Lipinski definition) is 1. The van der Waals surface area contributed by atoms with E-state index in [9.17, 15) is 4.79 Å². The van der Waals surface area contributed by atoms with E-state index in [0.29, 0.717) is 29.2 Å². The van der Waals surface area contributed by atoms with E-state index in [1.54, 1.807) is 24.4 Å². The molecule has 0 aliphatic heterocycles. The van der Waals surface area contributed by atoms with Crippen molar-refractivity contribution in [2.24, 2.45) is 0 Å². The fourth-order valence-corrected chi connectivity index (χ4v) is 2.98. The van der Waals surface area contributed by atoms with Crippen LogP contribution in [0.15, 0.2) is 30.6 Å². The van der Waals surface area contributed by atoms with Gasteiger partial charge in [-0.25, -0.2) is 4.98 Å². The lowest BCUT2D eigenvalue weighted by atomic mass is 10.2. The topological polar surface area (TPSA) is 97.1 Å². The van der Waals surface area contributed by atoms with Crippen LogP contribution < -0.4 is 14.8 Å². The van der Waals surface area contributed by atoms with Crippen molar-refractivity contribution in [3.8, 4) is 17.6 Å². The molecule has 0 bridgehead atoms. The van der Waals surface area contributed by atoms with Crippen LogP contribution in [0.4, 0.5) is 0 Å². The minimum Gasteiger partial charge on any atom is -0.495 e. The molecule has 1 aliphatic rings. The maximum Gasteiger partial charge on any atom is 0.271 e. The van der Waals surface area contributed by atoms with Crippen LogP contribution in [-0.2, 0) is 0 Å². The first-order valence-electron chi connectivity index (χ1n) is 8.43. The minimum absolute atomic E-state index is 0.00189. The van der Waals surface area contributed by atoms with Crippen LogP contribution in [0.2, 0.25) is 0 Å². The van der Waals surface area contributed by atoms with Crippen LogP contribution >= 0.6 is 0 Å².